The Morgan fingerprint density at radius 2 is 1.86 bits per heavy atom. The van der Waals surface area contributed by atoms with Crippen LogP contribution in [0.4, 0.5) is 0 Å². The number of hydrogen-bond acceptors (Lipinski definition) is 7. The van der Waals surface area contributed by atoms with Crippen LogP contribution in [0.2, 0.25) is 0 Å². The highest BCUT2D eigenvalue weighted by molar-refractivity contribution is 5.81. The highest BCUT2D eigenvalue weighted by Crippen LogP contribution is 2.32. The molecule has 1 fully saturated rings. The SMILES string of the molecule is CCOC(=O)C1CCN(C(=O)COC(=O)CCc2ccc3c(c2)OCO3)CC1. The number of fused-ring (bicyclic) bond motifs is 1. The lowest BCUT2D eigenvalue weighted by atomic mass is 9.97. The predicted octanol–water partition coefficient (Wildman–Crippen LogP) is 1.69. The Hall–Kier alpha value is -2.77. The molecule has 1 aromatic carbocycles. The molecule has 1 amide bonds. The van der Waals surface area contributed by atoms with Crippen molar-refractivity contribution in [1.82, 2.24) is 4.90 Å². The van der Waals surface area contributed by atoms with E-state index in [1.807, 2.05) is 18.2 Å². The number of esters is 2. The van der Waals surface area contributed by atoms with E-state index in [4.69, 9.17) is 18.9 Å². The first kappa shape index (κ1) is 20.0. The number of nitrogens with zero attached hydrogens (tertiary/aromatic N) is 1. The highest BCUT2D eigenvalue weighted by atomic mass is 16.7. The van der Waals surface area contributed by atoms with E-state index >= 15 is 0 Å². The maximum atomic E-state index is 12.2. The molecular weight excluding hydrogens is 366 g/mol. The third-order valence-electron chi connectivity index (χ3n) is 4.88. The second kappa shape index (κ2) is 9.43. The molecule has 0 aromatic heterocycles. The van der Waals surface area contributed by atoms with Crippen LogP contribution in [-0.4, -0.2) is 55.8 Å². The van der Waals surface area contributed by atoms with Gasteiger partial charge in [0.1, 0.15) is 0 Å². The topological polar surface area (TPSA) is 91.4 Å². The molecule has 2 aliphatic heterocycles. The largest absolute Gasteiger partial charge is 0.466 e. The van der Waals surface area contributed by atoms with E-state index in [1.54, 1.807) is 11.8 Å². The molecule has 0 N–H and O–H groups in total. The Morgan fingerprint density at radius 1 is 1.11 bits per heavy atom. The lowest BCUT2D eigenvalue weighted by Crippen LogP contribution is -2.42. The quantitative estimate of drug-likeness (QED) is 0.653. The maximum absolute atomic E-state index is 12.2. The van der Waals surface area contributed by atoms with Crippen LogP contribution in [0.5, 0.6) is 11.5 Å². The predicted molar refractivity (Wildman–Crippen MR) is 97.8 cm³/mol. The molecule has 2 aliphatic rings. The Bertz CT molecular complexity index is 725. The summed E-state index contributed by atoms with van der Waals surface area (Å²) in [5.41, 5.74) is 0.938. The number of aryl methyl sites for hydroxylation is 1. The zero-order valence-electron chi connectivity index (χ0n) is 16.0. The lowest BCUT2D eigenvalue weighted by molar-refractivity contribution is -0.154. The molecule has 0 aliphatic carbocycles. The zero-order valence-corrected chi connectivity index (χ0v) is 16.0. The van der Waals surface area contributed by atoms with Gasteiger partial charge in [-0.25, -0.2) is 0 Å². The summed E-state index contributed by atoms with van der Waals surface area (Å²) < 4.78 is 20.7. The lowest BCUT2D eigenvalue weighted by Gasteiger charge is -2.30. The molecule has 8 heteroatoms. The molecular formula is C20H25NO7. The summed E-state index contributed by atoms with van der Waals surface area (Å²) >= 11 is 0. The van der Waals surface area contributed by atoms with Crippen molar-refractivity contribution in [2.24, 2.45) is 5.92 Å². The number of ether oxygens (including phenoxy) is 4. The average molecular weight is 391 g/mol. The van der Waals surface area contributed by atoms with Crippen molar-refractivity contribution in [3.63, 3.8) is 0 Å². The van der Waals surface area contributed by atoms with Gasteiger partial charge in [0, 0.05) is 19.5 Å². The molecule has 0 spiro atoms. The summed E-state index contributed by atoms with van der Waals surface area (Å²) in [5.74, 6) is 0.347. The fraction of sp³-hybridized carbons (Fsp3) is 0.550. The van der Waals surface area contributed by atoms with Gasteiger partial charge in [0.2, 0.25) is 6.79 Å². The standard InChI is InChI=1S/C20H25NO7/c1-2-25-20(24)15-7-9-21(10-8-15)18(22)12-26-19(23)6-4-14-3-5-16-17(11-14)28-13-27-16/h3,5,11,15H,2,4,6-10,12-13H2,1H3. The summed E-state index contributed by atoms with van der Waals surface area (Å²) in [4.78, 5) is 37.5. The fourth-order valence-corrected chi connectivity index (χ4v) is 3.27. The average Bonchev–Trinajstić information content (AvgIpc) is 3.18. The number of carbonyl (C=O) groups excluding carboxylic acids is 3. The van der Waals surface area contributed by atoms with Crippen molar-refractivity contribution in [2.75, 3.05) is 33.1 Å². The molecule has 1 saturated heterocycles. The smallest absolute Gasteiger partial charge is 0.309 e. The van der Waals surface area contributed by atoms with Gasteiger partial charge in [-0.1, -0.05) is 6.07 Å². The zero-order chi connectivity index (χ0) is 19.9. The van der Waals surface area contributed by atoms with E-state index in [-0.39, 0.29) is 37.6 Å². The summed E-state index contributed by atoms with van der Waals surface area (Å²) in [6.07, 6.45) is 1.82. The molecule has 0 atom stereocenters. The number of amides is 1. The molecule has 8 nitrogen and oxygen atoms in total. The number of benzene rings is 1. The van der Waals surface area contributed by atoms with E-state index in [1.165, 1.54) is 0 Å². The summed E-state index contributed by atoms with van der Waals surface area (Å²) in [6.45, 7) is 3.01. The van der Waals surface area contributed by atoms with Crippen molar-refractivity contribution >= 4 is 17.8 Å². The first-order chi connectivity index (χ1) is 13.6. The van der Waals surface area contributed by atoms with Crippen molar-refractivity contribution in [1.29, 1.82) is 0 Å². The first-order valence-electron chi connectivity index (χ1n) is 9.55. The van der Waals surface area contributed by atoms with Crippen molar-refractivity contribution < 1.29 is 33.3 Å². The number of likely N-dealkylation sites (tertiary alicyclic amines) is 1. The minimum absolute atomic E-state index is 0.159. The Balaban J connectivity index is 1.35. The Labute approximate surface area is 163 Å². The van der Waals surface area contributed by atoms with Gasteiger partial charge in [-0.3, -0.25) is 14.4 Å². The summed E-state index contributed by atoms with van der Waals surface area (Å²) in [7, 11) is 0. The van der Waals surface area contributed by atoms with Gasteiger partial charge in [-0.15, -0.1) is 0 Å². The maximum Gasteiger partial charge on any atom is 0.309 e. The van der Waals surface area contributed by atoms with Crippen LogP contribution in [0.1, 0.15) is 31.7 Å². The first-order valence-corrected chi connectivity index (χ1v) is 9.55. The van der Waals surface area contributed by atoms with Crippen molar-refractivity contribution in [3.05, 3.63) is 23.8 Å². The van der Waals surface area contributed by atoms with Crippen LogP contribution >= 0.6 is 0 Å². The second-order valence-electron chi connectivity index (χ2n) is 6.76. The van der Waals surface area contributed by atoms with E-state index in [2.05, 4.69) is 0 Å². The van der Waals surface area contributed by atoms with Crippen molar-refractivity contribution in [2.45, 2.75) is 32.6 Å². The van der Waals surface area contributed by atoms with E-state index in [9.17, 15) is 14.4 Å². The monoisotopic (exact) mass is 391 g/mol. The van der Waals surface area contributed by atoms with Gasteiger partial charge in [0.15, 0.2) is 18.1 Å². The van der Waals surface area contributed by atoms with Crippen LogP contribution < -0.4 is 9.47 Å². The molecule has 0 radical (unpaired) electrons. The van der Waals surface area contributed by atoms with Crippen LogP contribution in [0.15, 0.2) is 18.2 Å². The number of piperidine rings is 1. The Morgan fingerprint density at radius 3 is 2.61 bits per heavy atom. The fourth-order valence-electron chi connectivity index (χ4n) is 3.27. The Kier molecular flexibility index (Phi) is 6.73. The van der Waals surface area contributed by atoms with Crippen LogP contribution in [-0.2, 0) is 30.3 Å². The van der Waals surface area contributed by atoms with Gasteiger partial charge in [-0.2, -0.15) is 0 Å². The molecule has 0 saturated carbocycles. The van der Waals surface area contributed by atoms with Crippen LogP contribution in [0.25, 0.3) is 0 Å². The van der Waals surface area contributed by atoms with E-state index in [0.717, 1.165) is 5.56 Å². The highest BCUT2D eigenvalue weighted by Gasteiger charge is 2.28. The summed E-state index contributed by atoms with van der Waals surface area (Å²) in [6, 6.07) is 5.53. The molecule has 0 unspecified atom stereocenters. The van der Waals surface area contributed by atoms with E-state index in [0.29, 0.717) is 50.5 Å². The molecule has 1 aromatic rings. The van der Waals surface area contributed by atoms with Gasteiger partial charge < -0.3 is 23.8 Å². The molecule has 3 rings (SSSR count). The van der Waals surface area contributed by atoms with Crippen molar-refractivity contribution in [3.8, 4) is 11.5 Å². The van der Waals surface area contributed by atoms with Crippen LogP contribution in [0, 0.1) is 5.92 Å². The molecule has 0 bridgehead atoms. The minimum Gasteiger partial charge on any atom is -0.466 e. The second-order valence-corrected chi connectivity index (χ2v) is 6.76. The number of rotatable bonds is 7. The third-order valence-corrected chi connectivity index (χ3v) is 4.88. The van der Waals surface area contributed by atoms with Gasteiger partial charge in [-0.05, 0) is 43.9 Å². The third kappa shape index (κ3) is 5.15. The molecule has 152 valence electrons. The summed E-state index contributed by atoms with van der Waals surface area (Å²) in [5, 5.41) is 0. The number of carbonyl (C=O) groups is 3. The minimum atomic E-state index is -0.424. The molecule has 28 heavy (non-hydrogen) atoms. The van der Waals surface area contributed by atoms with Crippen LogP contribution in [0.3, 0.4) is 0 Å². The van der Waals surface area contributed by atoms with E-state index < -0.39 is 5.97 Å². The van der Waals surface area contributed by atoms with Gasteiger partial charge in [0.05, 0.1) is 12.5 Å². The normalized spacial score (nSPS) is 16.0. The number of hydrogen-bond donors (Lipinski definition) is 0. The van der Waals surface area contributed by atoms with Gasteiger partial charge in [0.25, 0.3) is 5.91 Å². The van der Waals surface area contributed by atoms with Gasteiger partial charge >= 0.3 is 11.9 Å². The molecule has 2 heterocycles.